The molecule has 2 N–H and O–H groups in total. The molecule has 2 fully saturated rings. The van der Waals surface area contributed by atoms with Crippen LogP contribution in [0, 0.1) is 39.4 Å². The van der Waals surface area contributed by atoms with Gasteiger partial charge in [-0.1, -0.05) is 70.7 Å². The minimum Gasteiger partial charge on any atom is -0.411 e. The Morgan fingerprint density at radius 2 is 1.67 bits per heavy atom. The first-order valence-corrected chi connectivity index (χ1v) is 13.9. The predicted molar refractivity (Wildman–Crippen MR) is 138 cm³/mol. The van der Waals surface area contributed by atoms with Crippen molar-refractivity contribution in [3.63, 3.8) is 0 Å². The first-order valence-electron chi connectivity index (χ1n) is 13.9. The van der Waals surface area contributed by atoms with E-state index in [4.69, 9.17) is 0 Å². The maximum Gasteiger partial charge on any atom is 0.0630 e. The lowest BCUT2D eigenvalue weighted by Crippen LogP contribution is -2.54. The van der Waals surface area contributed by atoms with Crippen LogP contribution in [-0.4, -0.2) is 21.6 Å². The van der Waals surface area contributed by atoms with Crippen molar-refractivity contribution in [2.45, 2.75) is 132 Å². The van der Waals surface area contributed by atoms with Crippen molar-refractivity contribution in [3.8, 4) is 0 Å². The predicted octanol–water partition coefficient (Wildman–Crippen LogP) is 8.14. The van der Waals surface area contributed by atoms with Crippen LogP contribution in [0.5, 0.6) is 0 Å². The largest absolute Gasteiger partial charge is 0.411 e. The van der Waals surface area contributed by atoms with Crippen LogP contribution in [-0.2, 0) is 0 Å². The van der Waals surface area contributed by atoms with Gasteiger partial charge in [-0.25, -0.2) is 0 Å². The second kappa shape index (κ2) is 8.10. The summed E-state index contributed by atoms with van der Waals surface area (Å²) in [7, 11) is 0. The van der Waals surface area contributed by atoms with Crippen LogP contribution in [0.2, 0.25) is 0 Å². The summed E-state index contributed by atoms with van der Waals surface area (Å²) in [5, 5.41) is 23.6. The Kier molecular flexibility index (Phi) is 6.21. The summed E-state index contributed by atoms with van der Waals surface area (Å²) < 4.78 is 0. The molecule has 33 heavy (non-hydrogen) atoms. The molecule has 0 bridgehead atoms. The Morgan fingerprint density at radius 3 is 2.30 bits per heavy atom. The van der Waals surface area contributed by atoms with Gasteiger partial charge < -0.3 is 10.3 Å². The lowest BCUT2D eigenvalue weighted by Gasteiger charge is -2.61. The smallest absolute Gasteiger partial charge is 0.0630 e. The van der Waals surface area contributed by atoms with Gasteiger partial charge in [0.1, 0.15) is 0 Å². The molecule has 0 radical (unpaired) electrons. The Morgan fingerprint density at radius 1 is 0.970 bits per heavy atom. The number of hydrogen-bond donors (Lipinski definition) is 2. The molecule has 3 heteroatoms. The highest BCUT2D eigenvalue weighted by Crippen LogP contribution is 2.72. The SMILES string of the molecule is C[C@H](CCCC(C)(C)O)[C@H]1CC[C@@]2(C)C3=C(CC[C@]12C)[C@@]1(C)CC/C(=N\O)C(C)(C)[C@@H]1CC3. The Hall–Kier alpha value is -0.830. The minimum absolute atomic E-state index is 0.0187. The second-order valence-corrected chi connectivity index (χ2v) is 14.3. The van der Waals surface area contributed by atoms with Crippen LogP contribution in [0.25, 0.3) is 0 Å². The van der Waals surface area contributed by atoms with Gasteiger partial charge in [0.05, 0.1) is 11.3 Å². The van der Waals surface area contributed by atoms with Crippen LogP contribution in [0.3, 0.4) is 0 Å². The summed E-state index contributed by atoms with van der Waals surface area (Å²) in [5.41, 5.74) is 5.08. The van der Waals surface area contributed by atoms with Gasteiger partial charge in [-0.15, -0.1) is 0 Å². The van der Waals surface area contributed by atoms with Crippen LogP contribution < -0.4 is 0 Å². The van der Waals surface area contributed by atoms with E-state index in [2.05, 4.69) is 46.7 Å². The summed E-state index contributed by atoms with van der Waals surface area (Å²) in [6.45, 7) is 18.9. The third-order valence-electron chi connectivity index (χ3n) is 11.9. The van der Waals surface area contributed by atoms with Gasteiger partial charge in [0.15, 0.2) is 0 Å². The van der Waals surface area contributed by atoms with Crippen LogP contribution >= 0.6 is 0 Å². The van der Waals surface area contributed by atoms with Gasteiger partial charge >= 0.3 is 0 Å². The summed E-state index contributed by atoms with van der Waals surface area (Å²) in [6, 6.07) is 0. The average Bonchev–Trinajstić information content (AvgIpc) is 2.98. The number of rotatable bonds is 5. The van der Waals surface area contributed by atoms with Crippen molar-refractivity contribution in [2.75, 3.05) is 0 Å². The number of nitrogens with zero attached hydrogens (tertiary/aromatic N) is 1. The van der Waals surface area contributed by atoms with E-state index >= 15 is 0 Å². The van der Waals surface area contributed by atoms with Crippen molar-refractivity contribution in [1.82, 2.24) is 0 Å². The maximum atomic E-state index is 10.2. The van der Waals surface area contributed by atoms with Crippen molar-refractivity contribution in [1.29, 1.82) is 0 Å². The highest BCUT2D eigenvalue weighted by Gasteiger charge is 2.63. The third kappa shape index (κ3) is 3.74. The highest BCUT2D eigenvalue weighted by atomic mass is 16.4. The summed E-state index contributed by atoms with van der Waals surface area (Å²) in [6.07, 6.45) is 13.1. The Balaban J connectivity index is 1.61. The molecule has 0 saturated heterocycles. The molecule has 4 aliphatic rings. The molecule has 0 amide bonds. The van der Waals surface area contributed by atoms with Crippen LogP contribution in [0.1, 0.15) is 126 Å². The lowest BCUT2D eigenvalue weighted by molar-refractivity contribution is 0.00777. The number of hydrogen-bond acceptors (Lipinski definition) is 3. The van der Waals surface area contributed by atoms with Gasteiger partial charge in [-0.2, -0.15) is 0 Å². The average molecular weight is 458 g/mol. The second-order valence-electron chi connectivity index (χ2n) is 14.3. The highest BCUT2D eigenvalue weighted by molar-refractivity contribution is 5.90. The van der Waals surface area contributed by atoms with E-state index in [1.54, 1.807) is 5.57 Å². The summed E-state index contributed by atoms with van der Waals surface area (Å²) in [4.78, 5) is 0. The quantitative estimate of drug-likeness (QED) is 0.249. The Labute approximate surface area is 203 Å². The summed E-state index contributed by atoms with van der Waals surface area (Å²) in [5.74, 6) is 2.10. The zero-order chi connectivity index (χ0) is 24.4. The number of fused-ring (bicyclic) bond motifs is 4. The lowest BCUT2D eigenvalue weighted by atomic mass is 9.43. The monoisotopic (exact) mass is 457 g/mol. The molecule has 0 unspecified atom stereocenters. The molecule has 0 aromatic rings. The van der Waals surface area contributed by atoms with E-state index in [1.807, 2.05) is 19.4 Å². The molecule has 188 valence electrons. The van der Waals surface area contributed by atoms with Gasteiger partial charge in [-0.3, -0.25) is 0 Å². The first kappa shape index (κ1) is 25.3. The molecule has 3 nitrogen and oxygen atoms in total. The minimum atomic E-state index is -0.541. The van der Waals surface area contributed by atoms with E-state index < -0.39 is 5.60 Å². The zero-order valence-electron chi connectivity index (χ0n) is 22.9. The van der Waals surface area contributed by atoms with Crippen LogP contribution in [0.15, 0.2) is 16.3 Å². The van der Waals surface area contributed by atoms with Gasteiger partial charge in [-0.05, 0) is 106 Å². The van der Waals surface area contributed by atoms with E-state index in [0.717, 1.165) is 43.2 Å². The zero-order valence-corrected chi connectivity index (χ0v) is 22.9. The topological polar surface area (TPSA) is 52.8 Å². The van der Waals surface area contributed by atoms with Crippen molar-refractivity contribution >= 4 is 5.71 Å². The molecule has 4 aliphatic carbocycles. The van der Waals surface area contributed by atoms with Crippen molar-refractivity contribution < 1.29 is 10.3 Å². The fourth-order valence-corrected chi connectivity index (χ4v) is 9.69. The normalized spacial score (nSPS) is 42.6. The van der Waals surface area contributed by atoms with Crippen molar-refractivity contribution in [3.05, 3.63) is 11.1 Å². The molecular weight excluding hydrogens is 406 g/mol. The van der Waals surface area contributed by atoms with Crippen molar-refractivity contribution in [2.24, 2.45) is 44.6 Å². The number of allylic oxidation sites excluding steroid dienone is 2. The number of aliphatic hydroxyl groups is 1. The van der Waals surface area contributed by atoms with E-state index in [0.29, 0.717) is 16.7 Å². The maximum absolute atomic E-state index is 10.2. The fraction of sp³-hybridized carbons (Fsp3) is 0.900. The van der Waals surface area contributed by atoms with Gasteiger partial charge in [0.2, 0.25) is 0 Å². The molecule has 0 spiro atoms. The molecule has 4 rings (SSSR count). The molecule has 6 atom stereocenters. The summed E-state index contributed by atoms with van der Waals surface area (Å²) >= 11 is 0. The molecule has 0 aliphatic heterocycles. The van der Waals surface area contributed by atoms with Gasteiger partial charge in [0, 0.05) is 5.41 Å². The third-order valence-corrected chi connectivity index (χ3v) is 11.9. The molecule has 0 aromatic heterocycles. The van der Waals surface area contributed by atoms with E-state index in [9.17, 15) is 10.3 Å². The fourth-order valence-electron chi connectivity index (χ4n) is 9.69. The van der Waals surface area contributed by atoms with E-state index in [-0.39, 0.29) is 10.8 Å². The first-order chi connectivity index (χ1) is 15.2. The Bertz CT molecular complexity index is 833. The molecule has 0 aromatic carbocycles. The molecule has 2 saturated carbocycles. The number of oxime groups is 1. The standard InChI is InChI=1S/C30H51NO2/c1-20(10-9-16-26(2,3)32)21-13-18-30(8)23-11-12-24-27(4,5)25(31-33)15-17-28(24,6)22(23)14-19-29(21,30)7/h20-21,24,32-33H,9-19H2,1-8H3/b31-25+/t20-,21-,24+,28-,29-,30+/m1/s1. The molecule has 0 heterocycles. The van der Waals surface area contributed by atoms with Gasteiger partial charge in [0.25, 0.3) is 0 Å². The van der Waals surface area contributed by atoms with E-state index in [1.165, 1.54) is 44.9 Å². The van der Waals surface area contributed by atoms with Crippen LogP contribution in [0.4, 0.5) is 0 Å². The molecular formula is C30H51NO2.